The molecule has 5 rings (SSSR count). The second-order valence-corrected chi connectivity index (χ2v) is 8.66. The predicted octanol–water partition coefficient (Wildman–Crippen LogP) is 4.34. The number of benzene rings is 2. The third-order valence-electron chi connectivity index (χ3n) is 5.58. The quantitative estimate of drug-likeness (QED) is 0.589. The number of aromatic nitrogens is 1. The van der Waals surface area contributed by atoms with Crippen LogP contribution in [0.3, 0.4) is 0 Å². The minimum Gasteiger partial charge on any atom is -0.454 e. The average molecular weight is 425 g/mol. The summed E-state index contributed by atoms with van der Waals surface area (Å²) in [6.45, 7) is 3.66. The zero-order valence-corrected chi connectivity index (χ0v) is 17.7. The van der Waals surface area contributed by atoms with E-state index in [1.807, 2.05) is 24.3 Å². The van der Waals surface area contributed by atoms with Crippen LogP contribution >= 0.6 is 11.3 Å². The number of carbonyl (C=O) groups is 1. The molecule has 2 aromatic carbocycles. The average Bonchev–Trinajstić information content (AvgIpc) is 3.51. The van der Waals surface area contributed by atoms with Crippen LogP contribution in [0.1, 0.15) is 30.9 Å². The van der Waals surface area contributed by atoms with Crippen LogP contribution in [-0.2, 0) is 22.4 Å². The molecule has 2 aliphatic heterocycles. The van der Waals surface area contributed by atoms with Crippen molar-refractivity contribution in [3.05, 3.63) is 47.5 Å². The van der Waals surface area contributed by atoms with E-state index in [9.17, 15) is 4.79 Å². The van der Waals surface area contributed by atoms with E-state index in [4.69, 9.17) is 19.2 Å². The molecular formula is C23H24N2O4S. The van der Waals surface area contributed by atoms with Gasteiger partial charge in [-0.05, 0) is 54.7 Å². The summed E-state index contributed by atoms with van der Waals surface area (Å²) in [5.74, 6) is 1.43. The lowest BCUT2D eigenvalue weighted by molar-refractivity contribution is -0.118. The van der Waals surface area contributed by atoms with Crippen LogP contribution in [0, 0.1) is 0 Å². The summed E-state index contributed by atoms with van der Waals surface area (Å²) >= 11 is 1.57. The topological polar surface area (TPSA) is 60.9 Å². The first-order chi connectivity index (χ1) is 14.7. The fourth-order valence-corrected chi connectivity index (χ4v) is 4.95. The maximum absolute atomic E-state index is 13.4. The van der Waals surface area contributed by atoms with Gasteiger partial charge in [0.2, 0.25) is 12.7 Å². The number of fused-ring (bicyclic) bond motifs is 2. The molecule has 3 heterocycles. The molecule has 1 unspecified atom stereocenters. The van der Waals surface area contributed by atoms with E-state index in [1.165, 1.54) is 5.56 Å². The fourth-order valence-electron chi connectivity index (χ4n) is 3.89. The number of carbonyl (C=O) groups excluding carboxylic acids is 1. The number of hydrogen-bond donors (Lipinski definition) is 0. The van der Waals surface area contributed by atoms with Gasteiger partial charge in [0.1, 0.15) is 0 Å². The Labute approximate surface area is 179 Å². The summed E-state index contributed by atoms with van der Waals surface area (Å²) in [7, 11) is 0. The smallest absolute Gasteiger partial charge is 0.233 e. The van der Waals surface area contributed by atoms with Crippen molar-refractivity contribution >= 4 is 32.6 Å². The van der Waals surface area contributed by atoms with Crippen molar-refractivity contribution in [1.29, 1.82) is 0 Å². The highest BCUT2D eigenvalue weighted by molar-refractivity contribution is 7.22. The molecule has 30 heavy (non-hydrogen) atoms. The Kier molecular flexibility index (Phi) is 5.31. The Morgan fingerprint density at radius 2 is 2.03 bits per heavy atom. The van der Waals surface area contributed by atoms with E-state index in [0.29, 0.717) is 12.3 Å². The van der Waals surface area contributed by atoms with Crippen LogP contribution in [0.5, 0.6) is 11.5 Å². The fraction of sp³-hybridized carbons (Fsp3) is 0.391. The van der Waals surface area contributed by atoms with E-state index in [0.717, 1.165) is 52.5 Å². The Bertz CT molecular complexity index is 1070. The van der Waals surface area contributed by atoms with Gasteiger partial charge in [-0.2, -0.15) is 0 Å². The summed E-state index contributed by atoms with van der Waals surface area (Å²) in [5, 5.41) is 0.736. The lowest BCUT2D eigenvalue weighted by atomic mass is 10.1. The first-order valence-electron chi connectivity index (χ1n) is 10.4. The van der Waals surface area contributed by atoms with E-state index < -0.39 is 0 Å². The molecule has 0 N–H and O–H groups in total. The first kappa shape index (κ1) is 19.3. The van der Waals surface area contributed by atoms with Crippen molar-refractivity contribution in [2.24, 2.45) is 0 Å². The van der Waals surface area contributed by atoms with Gasteiger partial charge in [-0.1, -0.05) is 30.4 Å². The number of aryl methyl sites for hydroxylation is 1. The van der Waals surface area contributed by atoms with Gasteiger partial charge in [-0.25, -0.2) is 4.98 Å². The highest BCUT2D eigenvalue weighted by Gasteiger charge is 2.27. The van der Waals surface area contributed by atoms with Gasteiger partial charge >= 0.3 is 0 Å². The van der Waals surface area contributed by atoms with Gasteiger partial charge in [0.05, 0.1) is 29.3 Å². The van der Waals surface area contributed by atoms with Crippen molar-refractivity contribution in [2.45, 2.75) is 38.7 Å². The minimum absolute atomic E-state index is 0.0131. The molecule has 0 radical (unpaired) electrons. The number of rotatable bonds is 6. The van der Waals surface area contributed by atoms with E-state index in [-0.39, 0.29) is 25.2 Å². The molecule has 2 aliphatic rings. The van der Waals surface area contributed by atoms with Gasteiger partial charge in [-0.3, -0.25) is 9.69 Å². The molecule has 1 atom stereocenters. The Hall–Kier alpha value is -2.64. The number of thiazole rings is 1. The molecule has 3 aromatic rings. The first-order valence-corrected chi connectivity index (χ1v) is 11.2. The minimum atomic E-state index is 0.0131. The van der Waals surface area contributed by atoms with Crippen LogP contribution in [0.4, 0.5) is 5.13 Å². The molecule has 0 spiro atoms. The SMILES string of the molecule is CCc1ccc2nc(N(CC3CCCO3)C(=O)Cc3ccc4c(c3)OCO4)sc2c1. The van der Waals surface area contributed by atoms with Crippen LogP contribution in [0.15, 0.2) is 36.4 Å². The third kappa shape index (κ3) is 3.87. The van der Waals surface area contributed by atoms with E-state index >= 15 is 0 Å². The molecule has 1 fully saturated rings. The summed E-state index contributed by atoms with van der Waals surface area (Å²) in [6.07, 6.45) is 3.32. The maximum atomic E-state index is 13.4. The lowest BCUT2D eigenvalue weighted by Gasteiger charge is -2.23. The summed E-state index contributed by atoms with van der Waals surface area (Å²) in [5.41, 5.74) is 3.10. The zero-order valence-electron chi connectivity index (χ0n) is 16.9. The molecule has 156 valence electrons. The largest absolute Gasteiger partial charge is 0.454 e. The number of amides is 1. The van der Waals surface area contributed by atoms with Gasteiger partial charge in [0.25, 0.3) is 0 Å². The maximum Gasteiger partial charge on any atom is 0.233 e. The monoisotopic (exact) mass is 424 g/mol. The van der Waals surface area contributed by atoms with E-state index in [2.05, 4.69) is 19.1 Å². The highest BCUT2D eigenvalue weighted by atomic mass is 32.1. The van der Waals surface area contributed by atoms with Crippen molar-refractivity contribution in [3.63, 3.8) is 0 Å². The van der Waals surface area contributed by atoms with Gasteiger partial charge < -0.3 is 14.2 Å². The molecule has 7 heteroatoms. The van der Waals surface area contributed by atoms with Gasteiger partial charge in [-0.15, -0.1) is 0 Å². The molecular weight excluding hydrogens is 400 g/mol. The van der Waals surface area contributed by atoms with Crippen LogP contribution < -0.4 is 14.4 Å². The Balaban J connectivity index is 1.43. The number of ether oxygens (including phenoxy) is 3. The summed E-state index contributed by atoms with van der Waals surface area (Å²) in [4.78, 5) is 19.9. The molecule has 0 bridgehead atoms. The molecule has 1 amide bonds. The number of hydrogen-bond acceptors (Lipinski definition) is 6. The van der Waals surface area contributed by atoms with Crippen molar-refractivity contribution in [2.75, 3.05) is 24.8 Å². The summed E-state index contributed by atoms with van der Waals surface area (Å²) < 4.78 is 17.8. The standard InChI is InChI=1S/C23H24N2O4S/c1-2-15-5-7-18-21(11-15)30-23(24-18)25(13-17-4-3-9-27-17)22(26)12-16-6-8-19-20(10-16)29-14-28-19/h5-8,10-11,17H,2-4,9,12-14H2,1H3. The zero-order chi connectivity index (χ0) is 20.5. The second-order valence-electron chi connectivity index (χ2n) is 7.66. The number of nitrogens with zero attached hydrogens (tertiary/aromatic N) is 2. The Morgan fingerprint density at radius 1 is 1.17 bits per heavy atom. The summed E-state index contributed by atoms with van der Waals surface area (Å²) in [6, 6.07) is 12.0. The molecule has 6 nitrogen and oxygen atoms in total. The number of anilines is 1. The van der Waals surface area contributed by atoms with Crippen LogP contribution in [-0.4, -0.2) is 36.9 Å². The lowest BCUT2D eigenvalue weighted by Crippen LogP contribution is -2.38. The van der Waals surface area contributed by atoms with E-state index in [1.54, 1.807) is 16.2 Å². The normalized spacial score (nSPS) is 17.6. The Morgan fingerprint density at radius 3 is 2.87 bits per heavy atom. The third-order valence-corrected chi connectivity index (χ3v) is 6.63. The van der Waals surface area contributed by atoms with Crippen LogP contribution in [0.2, 0.25) is 0 Å². The van der Waals surface area contributed by atoms with Crippen molar-refractivity contribution < 1.29 is 19.0 Å². The van der Waals surface area contributed by atoms with Crippen molar-refractivity contribution in [1.82, 2.24) is 4.98 Å². The predicted molar refractivity (Wildman–Crippen MR) is 117 cm³/mol. The van der Waals surface area contributed by atoms with Gasteiger partial charge in [0.15, 0.2) is 16.6 Å². The van der Waals surface area contributed by atoms with Crippen LogP contribution in [0.25, 0.3) is 10.2 Å². The second kappa shape index (κ2) is 8.24. The molecule has 1 saturated heterocycles. The molecule has 0 saturated carbocycles. The van der Waals surface area contributed by atoms with Gasteiger partial charge in [0, 0.05) is 6.61 Å². The van der Waals surface area contributed by atoms with Crippen molar-refractivity contribution in [3.8, 4) is 11.5 Å². The molecule has 0 aliphatic carbocycles. The molecule has 1 aromatic heterocycles. The highest BCUT2D eigenvalue weighted by Crippen LogP contribution is 2.34.